The fourth-order valence-electron chi connectivity index (χ4n) is 2.56. The Morgan fingerprint density at radius 2 is 2.24 bits per heavy atom. The molecule has 0 aromatic carbocycles. The molecular formula is C10H18N2O3S2. The Balaban J connectivity index is 2.23. The Labute approximate surface area is 107 Å². The zero-order chi connectivity index (χ0) is 12.6. The average molecular weight is 278 g/mol. The molecule has 1 saturated carbocycles. The number of ether oxygens (including phenoxy) is 1. The molecule has 5 nitrogen and oxygen atoms in total. The fourth-order valence-corrected chi connectivity index (χ4v) is 4.57. The smallest absolute Gasteiger partial charge is 0.223 e. The molecule has 0 aromatic rings. The van der Waals surface area contributed by atoms with E-state index in [0.29, 0.717) is 13.2 Å². The van der Waals surface area contributed by atoms with Crippen molar-refractivity contribution in [2.75, 3.05) is 13.2 Å². The highest BCUT2D eigenvalue weighted by molar-refractivity contribution is 7.92. The first-order valence-corrected chi connectivity index (χ1v) is 7.77. The lowest BCUT2D eigenvalue weighted by atomic mass is 10.2. The number of nitrogens with zero attached hydrogens (tertiary/aromatic N) is 1. The van der Waals surface area contributed by atoms with Crippen molar-refractivity contribution in [1.29, 1.82) is 0 Å². The Morgan fingerprint density at radius 3 is 2.88 bits per heavy atom. The number of fused-ring (bicyclic) bond motifs is 1. The van der Waals surface area contributed by atoms with Gasteiger partial charge in [-0.15, -0.1) is 0 Å². The summed E-state index contributed by atoms with van der Waals surface area (Å²) in [7, 11) is -3.43. The maximum absolute atomic E-state index is 12.4. The second-order valence-electron chi connectivity index (χ2n) is 4.61. The van der Waals surface area contributed by atoms with E-state index in [1.54, 1.807) is 11.2 Å². The number of morpholine rings is 1. The molecule has 7 heteroatoms. The lowest BCUT2D eigenvalue weighted by Gasteiger charge is -2.37. The van der Waals surface area contributed by atoms with E-state index < -0.39 is 15.3 Å². The molecule has 1 saturated heterocycles. The third-order valence-corrected chi connectivity index (χ3v) is 6.36. The van der Waals surface area contributed by atoms with E-state index in [1.165, 1.54) is 0 Å². The number of hydrogen-bond acceptors (Lipinski definition) is 4. The summed E-state index contributed by atoms with van der Waals surface area (Å²) in [6, 6.07) is -0.0226. The van der Waals surface area contributed by atoms with Gasteiger partial charge in [0, 0.05) is 6.54 Å². The molecule has 2 aliphatic rings. The van der Waals surface area contributed by atoms with Crippen molar-refractivity contribution in [3.8, 4) is 0 Å². The molecule has 3 unspecified atom stereocenters. The van der Waals surface area contributed by atoms with Gasteiger partial charge in [-0.2, -0.15) is 4.31 Å². The highest BCUT2D eigenvalue weighted by Crippen LogP contribution is 2.32. The van der Waals surface area contributed by atoms with Gasteiger partial charge in [0.15, 0.2) is 0 Å². The van der Waals surface area contributed by atoms with E-state index in [9.17, 15) is 8.42 Å². The zero-order valence-electron chi connectivity index (χ0n) is 9.83. The van der Waals surface area contributed by atoms with Crippen molar-refractivity contribution in [3.05, 3.63) is 0 Å². The second-order valence-corrected chi connectivity index (χ2v) is 7.29. The molecule has 0 amide bonds. The topological polar surface area (TPSA) is 72.6 Å². The quantitative estimate of drug-likeness (QED) is 0.749. The molecule has 0 radical (unpaired) electrons. The lowest BCUT2D eigenvalue weighted by Crippen LogP contribution is -2.54. The van der Waals surface area contributed by atoms with Crippen molar-refractivity contribution >= 4 is 27.2 Å². The van der Waals surface area contributed by atoms with Crippen LogP contribution in [0.25, 0.3) is 0 Å². The van der Waals surface area contributed by atoms with Crippen molar-refractivity contribution in [1.82, 2.24) is 4.31 Å². The Morgan fingerprint density at radius 1 is 1.53 bits per heavy atom. The van der Waals surface area contributed by atoms with Crippen LogP contribution in [0.15, 0.2) is 0 Å². The van der Waals surface area contributed by atoms with E-state index in [4.69, 9.17) is 22.7 Å². The minimum atomic E-state index is -3.43. The average Bonchev–Trinajstić information content (AvgIpc) is 2.75. The minimum Gasteiger partial charge on any atom is -0.392 e. The molecule has 2 N–H and O–H groups in total. The fraction of sp³-hybridized carbons (Fsp3) is 0.900. The van der Waals surface area contributed by atoms with Crippen LogP contribution in [0.3, 0.4) is 0 Å². The summed E-state index contributed by atoms with van der Waals surface area (Å²) in [5, 5.41) is -0.795. The summed E-state index contributed by atoms with van der Waals surface area (Å²) in [6.45, 7) is 2.43. The van der Waals surface area contributed by atoms with Crippen LogP contribution >= 0.6 is 12.2 Å². The van der Waals surface area contributed by atoms with Gasteiger partial charge in [0.25, 0.3) is 0 Å². The third-order valence-electron chi connectivity index (χ3n) is 3.61. The van der Waals surface area contributed by atoms with E-state index in [1.807, 2.05) is 0 Å². The van der Waals surface area contributed by atoms with Gasteiger partial charge in [0.05, 0.1) is 23.7 Å². The Kier molecular flexibility index (Phi) is 3.72. The summed E-state index contributed by atoms with van der Waals surface area (Å²) >= 11 is 4.80. The van der Waals surface area contributed by atoms with Crippen molar-refractivity contribution < 1.29 is 13.2 Å². The molecule has 0 spiro atoms. The minimum absolute atomic E-state index is 0.0226. The maximum Gasteiger partial charge on any atom is 0.223 e. The molecule has 2 rings (SSSR count). The number of rotatable bonds is 3. The molecular weight excluding hydrogens is 260 g/mol. The van der Waals surface area contributed by atoms with Gasteiger partial charge in [-0.3, -0.25) is 0 Å². The van der Waals surface area contributed by atoms with Crippen LogP contribution in [0.5, 0.6) is 0 Å². The molecule has 0 aromatic heterocycles. The number of sulfonamides is 1. The number of thiocarbonyl (C=S) groups is 1. The molecule has 2 fully saturated rings. The van der Waals surface area contributed by atoms with Crippen LogP contribution in [0.2, 0.25) is 0 Å². The summed E-state index contributed by atoms with van der Waals surface area (Å²) in [5.41, 5.74) is 5.46. The highest BCUT2D eigenvalue weighted by Gasteiger charge is 2.43. The molecule has 1 aliphatic heterocycles. The lowest BCUT2D eigenvalue weighted by molar-refractivity contribution is -0.0242. The Bertz CT molecular complexity index is 410. The Hall–Kier alpha value is -0.240. The van der Waals surface area contributed by atoms with Crippen LogP contribution in [-0.2, 0) is 14.8 Å². The van der Waals surface area contributed by atoms with E-state index in [2.05, 4.69) is 0 Å². The standard InChI is InChI=1S/C10H18N2O3S2/c1-7(10(11)16)17(13,14)12-5-6-15-9-4-2-3-8(9)12/h7-9H,2-6H2,1H3,(H2,11,16). The summed E-state index contributed by atoms with van der Waals surface area (Å²) < 4.78 is 31.9. The van der Waals surface area contributed by atoms with Gasteiger partial charge in [0.2, 0.25) is 10.0 Å². The van der Waals surface area contributed by atoms with Gasteiger partial charge in [-0.25, -0.2) is 8.42 Å². The molecule has 0 bridgehead atoms. The van der Waals surface area contributed by atoms with Gasteiger partial charge in [-0.1, -0.05) is 12.2 Å². The van der Waals surface area contributed by atoms with Crippen molar-refractivity contribution in [2.24, 2.45) is 5.73 Å². The van der Waals surface area contributed by atoms with Gasteiger partial charge >= 0.3 is 0 Å². The molecule has 3 atom stereocenters. The van der Waals surface area contributed by atoms with E-state index in [-0.39, 0.29) is 17.1 Å². The first kappa shape index (κ1) is 13.2. The van der Waals surface area contributed by atoms with Crippen molar-refractivity contribution in [2.45, 2.75) is 43.6 Å². The summed E-state index contributed by atoms with van der Waals surface area (Å²) in [5.74, 6) is 0. The second kappa shape index (κ2) is 4.79. The maximum atomic E-state index is 12.4. The highest BCUT2D eigenvalue weighted by atomic mass is 32.2. The van der Waals surface area contributed by atoms with Gasteiger partial charge in [-0.05, 0) is 26.2 Å². The summed E-state index contributed by atoms with van der Waals surface area (Å²) in [6.07, 6.45) is 2.88. The number of hydrogen-bond donors (Lipinski definition) is 1. The first-order valence-electron chi connectivity index (χ1n) is 5.86. The first-order chi connectivity index (χ1) is 7.94. The van der Waals surface area contributed by atoms with Crippen LogP contribution in [-0.4, -0.2) is 48.3 Å². The third kappa shape index (κ3) is 2.33. The number of nitrogens with two attached hydrogens (primary N) is 1. The predicted octanol–water partition coefficient (Wildman–Crippen LogP) is 0.244. The van der Waals surface area contributed by atoms with Crippen LogP contribution in [0, 0.1) is 0 Å². The molecule has 98 valence electrons. The summed E-state index contributed by atoms with van der Waals surface area (Å²) in [4.78, 5) is 0.0334. The van der Waals surface area contributed by atoms with E-state index >= 15 is 0 Å². The predicted molar refractivity (Wildman–Crippen MR) is 69.3 cm³/mol. The monoisotopic (exact) mass is 278 g/mol. The van der Waals surface area contributed by atoms with Crippen LogP contribution in [0.1, 0.15) is 26.2 Å². The SMILES string of the molecule is CC(C(N)=S)S(=O)(=O)N1CCOC2CCCC21. The van der Waals surface area contributed by atoms with E-state index in [0.717, 1.165) is 19.3 Å². The van der Waals surface area contributed by atoms with Crippen LogP contribution in [0.4, 0.5) is 0 Å². The molecule has 1 aliphatic carbocycles. The van der Waals surface area contributed by atoms with Crippen LogP contribution < -0.4 is 5.73 Å². The molecule has 17 heavy (non-hydrogen) atoms. The normalized spacial score (nSPS) is 32.1. The molecule has 1 heterocycles. The largest absolute Gasteiger partial charge is 0.392 e. The zero-order valence-corrected chi connectivity index (χ0v) is 11.5. The van der Waals surface area contributed by atoms with Gasteiger partial charge in [0.1, 0.15) is 5.25 Å². The van der Waals surface area contributed by atoms with Gasteiger partial charge < -0.3 is 10.5 Å². The van der Waals surface area contributed by atoms with Crippen molar-refractivity contribution in [3.63, 3.8) is 0 Å².